The normalized spacial score (nSPS) is 12.7. The van der Waals surface area contributed by atoms with Crippen LogP contribution in [0.4, 0.5) is 4.39 Å². The predicted molar refractivity (Wildman–Crippen MR) is 89.8 cm³/mol. The minimum Gasteiger partial charge on any atom is -0.387 e. The van der Waals surface area contributed by atoms with Crippen molar-refractivity contribution in [1.29, 1.82) is 5.26 Å². The molecule has 1 heterocycles. The minimum absolute atomic E-state index is 0.0341. The molecule has 0 fully saturated rings. The molecule has 0 aliphatic carbocycles. The number of hydrogen-bond donors (Lipinski definition) is 1. The summed E-state index contributed by atoms with van der Waals surface area (Å²) in [5.41, 5.74) is 6.56. The molecule has 118 valence electrons. The second kappa shape index (κ2) is 7.65. The van der Waals surface area contributed by atoms with Crippen LogP contribution in [0.5, 0.6) is 0 Å². The Balaban J connectivity index is 2.27. The van der Waals surface area contributed by atoms with Gasteiger partial charge in [0.1, 0.15) is 17.7 Å². The molecule has 23 heavy (non-hydrogen) atoms. The van der Waals surface area contributed by atoms with Crippen molar-refractivity contribution in [2.45, 2.75) is 25.7 Å². The highest BCUT2D eigenvalue weighted by Gasteiger charge is 2.15. The number of aliphatic imine (C=N–C) groups is 1. The van der Waals surface area contributed by atoms with Gasteiger partial charge in [-0.2, -0.15) is 5.26 Å². The van der Waals surface area contributed by atoms with Crippen molar-refractivity contribution < 1.29 is 9.18 Å². The van der Waals surface area contributed by atoms with Crippen molar-refractivity contribution in [3.63, 3.8) is 0 Å². The molecule has 2 N–H and O–H groups in total. The highest BCUT2D eigenvalue weighted by atomic mass is 32.1. The van der Waals surface area contributed by atoms with Gasteiger partial charge in [-0.25, -0.2) is 9.38 Å². The summed E-state index contributed by atoms with van der Waals surface area (Å²) >= 11 is 1.57. The molecule has 6 heteroatoms. The van der Waals surface area contributed by atoms with Crippen LogP contribution in [-0.4, -0.2) is 12.2 Å². The van der Waals surface area contributed by atoms with Gasteiger partial charge < -0.3 is 5.73 Å². The van der Waals surface area contributed by atoms with Crippen molar-refractivity contribution in [3.05, 3.63) is 46.6 Å². The number of hydrogen-bond acceptors (Lipinski definition) is 3. The van der Waals surface area contributed by atoms with E-state index in [1.165, 1.54) is 6.07 Å². The maximum atomic E-state index is 13.4. The van der Waals surface area contributed by atoms with Crippen molar-refractivity contribution in [2.75, 3.05) is 0 Å². The van der Waals surface area contributed by atoms with Crippen LogP contribution >= 0.6 is 11.3 Å². The number of benzene rings is 1. The summed E-state index contributed by atoms with van der Waals surface area (Å²) in [6.07, 6.45) is 1.83. The molecule has 4 nitrogen and oxygen atoms in total. The molecule has 1 amide bonds. The molecule has 0 saturated heterocycles. The lowest BCUT2D eigenvalue weighted by molar-refractivity contribution is -0.106. The maximum absolute atomic E-state index is 13.4. The number of amides is 1. The highest BCUT2D eigenvalue weighted by Crippen LogP contribution is 2.35. The van der Waals surface area contributed by atoms with Crippen LogP contribution in [-0.2, 0) is 4.79 Å². The van der Waals surface area contributed by atoms with E-state index in [4.69, 9.17) is 11.0 Å². The van der Waals surface area contributed by atoms with Gasteiger partial charge in [0, 0.05) is 22.1 Å². The molecule has 2 aromatic rings. The highest BCUT2D eigenvalue weighted by molar-refractivity contribution is 7.15. The quantitative estimate of drug-likeness (QED) is 0.497. The molecule has 1 unspecified atom stereocenters. The fraction of sp³-hybridized carbons (Fsp3) is 0.235. The van der Waals surface area contributed by atoms with E-state index in [1.807, 2.05) is 25.1 Å². The van der Waals surface area contributed by atoms with E-state index in [-0.39, 0.29) is 11.5 Å². The first-order chi connectivity index (χ1) is 11.1. The number of nitrogens with zero attached hydrogens (tertiary/aromatic N) is 2. The molecule has 0 spiro atoms. The first kappa shape index (κ1) is 16.8. The average molecular weight is 329 g/mol. The largest absolute Gasteiger partial charge is 0.387 e. The van der Waals surface area contributed by atoms with Crippen molar-refractivity contribution >= 4 is 23.6 Å². The van der Waals surface area contributed by atoms with E-state index >= 15 is 0 Å². The number of carbonyl (C=O) groups is 1. The van der Waals surface area contributed by atoms with Crippen LogP contribution in [0, 0.1) is 17.1 Å². The first-order valence-corrected chi connectivity index (χ1v) is 7.96. The number of carbonyl (C=O) groups excluding carboxylic acids is 1. The minimum atomic E-state index is -0.516. The summed E-state index contributed by atoms with van der Waals surface area (Å²) in [4.78, 5) is 16.0. The molecule has 2 rings (SSSR count). The lowest BCUT2D eigenvalue weighted by Crippen LogP contribution is -2.15. The predicted octanol–water partition coefficient (Wildman–Crippen LogP) is 3.82. The van der Waals surface area contributed by atoms with Gasteiger partial charge in [-0.05, 0) is 36.2 Å². The molecule has 1 atom stereocenters. The van der Waals surface area contributed by atoms with Gasteiger partial charge in [-0.3, -0.25) is 4.79 Å². The molecular formula is C17H16FN3OS. The summed E-state index contributed by atoms with van der Waals surface area (Å²) in [7, 11) is 0. The second-order valence-corrected chi connectivity index (χ2v) is 6.16. The molecule has 0 aliphatic heterocycles. The summed E-state index contributed by atoms with van der Waals surface area (Å²) in [5, 5.41) is 8.93. The Morgan fingerprint density at radius 1 is 1.48 bits per heavy atom. The fourth-order valence-electron chi connectivity index (χ4n) is 2.31. The van der Waals surface area contributed by atoms with Gasteiger partial charge in [0.2, 0.25) is 6.41 Å². The number of halogens is 1. The van der Waals surface area contributed by atoms with Crippen molar-refractivity contribution in [3.8, 4) is 16.5 Å². The molecule has 0 radical (unpaired) electrons. The zero-order chi connectivity index (χ0) is 16.8. The van der Waals surface area contributed by atoms with Gasteiger partial charge in [0.25, 0.3) is 0 Å². The topological polar surface area (TPSA) is 79.2 Å². The fourth-order valence-corrected chi connectivity index (χ4v) is 3.50. The Morgan fingerprint density at radius 2 is 2.26 bits per heavy atom. The average Bonchev–Trinajstić information content (AvgIpc) is 3.03. The van der Waals surface area contributed by atoms with Gasteiger partial charge in [0.05, 0.1) is 5.56 Å². The lowest BCUT2D eigenvalue weighted by atomic mass is 10.00. The number of nitrogens with two attached hydrogens (primary N) is 1. The molecule has 0 saturated carbocycles. The molecule has 0 bridgehead atoms. The van der Waals surface area contributed by atoms with Crippen LogP contribution in [0.15, 0.2) is 35.3 Å². The Kier molecular flexibility index (Phi) is 5.61. The SMILES string of the molecule is CCC(CC(N)=NC=O)c1ccc(-c2ccc(F)c(C#N)c2)s1. The van der Waals surface area contributed by atoms with Gasteiger partial charge in [-0.15, -0.1) is 11.3 Å². The lowest BCUT2D eigenvalue weighted by Gasteiger charge is -2.11. The molecule has 1 aromatic carbocycles. The summed E-state index contributed by atoms with van der Waals surface area (Å²) in [6.45, 7) is 2.05. The monoisotopic (exact) mass is 329 g/mol. The van der Waals surface area contributed by atoms with E-state index in [2.05, 4.69) is 4.99 Å². The van der Waals surface area contributed by atoms with E-state index < -0.39 is 5.82 Å². The smallest absolute Gasteiger partial charge is 0.234 e. The third-order valence-electron chi connectivity index (χ3n) is 3.57. The molecular weight excluding hydrogens is 313 g/mol. The third kappa shape index (κ3) is 4.02. The maximum Gasteiger partial charge on any atom is 0.234 e. The first-order valence-electron chi connectivity index (χ1n) is 7.14. The van der Waals surface area contributed by atoms with Gasteiger partial charge in [-0.1, -0.05) is 13.0 Å². The Hall–Kier alpha value is -2.52. The molecule has 1 aromatic heterocycles. The Labute approximate surface area is 138 Å². The second-order valence-electron chi connectivity index (χ2n) is 5.04. The zero-order valence-electron chi connectivity index (χ0n) is 12.6. The van der Waals surface area contributed by atoms with E-state index in [0.29, 0.717) is 18.7 Å². The molecule has 0 aliphatic rings. The van der Waals surface area contributed by atoms with Crippen LogP contribution < -0.4 is 5.73 Å². The number of rotatable bonds is 6. The van der Waals surface area contributed by atoms with Crippen LogP contribution in [0.3, 0.4) is 0 Å². The van der Waals surface area contributed by atoms with Crippen LogP contribution in [0.25, 0.3) is 10.4 Å². The Bertz CT molecular complexity index is 776. The standard InChI is InChI=1S/C17H16FN3OS/c1-2-11(8-17(20)21-10-22)15-5-6-16(23-15)12-3-4-14(18)13(7-12)9-19/h3-7,10-11H,2,8H2,1H3,(H2,20,21,22). The summed E-state index contributed by atoms with van der Waals surface area (Å²) < 4.78 is 13.4. The van der Waals surface area contributed by atoms with E-state index in [1.54, 1.807) is 23.5 Å². The third-order valence-corrected chi connectivity index (χ3v) is 4.86. The van der Waals surface area contributed by atoms with E-state index in [9.17, 15) is 9.18 Å². The van der Waals surface area contributed by atoms with Gasteiger partial charge in [0.15, 0.2) is 0 Å². The summed E-state index contributed by atoms with van der Waals surface area (Å²) in [5.74, 6) is -0.0269. The van der Waals surface area contributed by atoms with Crippen molar-refractivity contribution in [1.82, 2.24) is 0 Å². The van der Waals surface area contributed by atoms with Crippen molar-refractivity contribution in [2.24, 2.45) is 10.7 Å². The van der Waals surface area contributed by atoms with E-state index in [0.717, 1.165) is 21.7 Å². The number of nitriles is 1. The van der Waals surface area contributed by atoms with Gasteiger partial charge >= 0.3 is 0 Å². The zero-order valence-corrected chi connectivity index (χ0v) is 13.4. The Morgan fingerprint density at radius 3 is 2.91 bits per heavy atom. The number of amidine groups is 1. The summed E-state index contributed by atoms with van der Waals surface area (Å²) in [6, 6.07) is 10.3. The number of thiophene rings is 1. The van der Waals surface area contributed by atoms with Crippen LogP contribution in [0.2, 0.25) is 0 Å². The van der Waals surface area contributed by atoms with Crippen LogP contribution in [0.1, 0.15) is 36.1 Å².